The molecule has 0 fully saturated rings. The third kappa shape index (κ3) is 2.29. The summed E-state index contributed by atoms with van der Waals surface area (Å²) in [6.07, 6.45) is 0. The van der Waals surface area contributed by atoms with Gasteiger partial charge in [0, 0.05) is 23.4 Å². The average molecular weight is 261 g/mol. The number of H-pyrrole nitrogens is 1. The number of ether oxygens (including phenoxy) is 2. The van der Waals surface area contributed by atoms with E-state index in [1.54, 1.807) is 14.2 Å². The molecule has 0 aliphatic carbocycles. The Morgan fingerprint density at radius 2 is 1.84 bits per heavy atom. The highest BCUT2D eigenvalue weighted by Gasteiger charge is 2.17. The molecule has 2 aromatic rings. The number of nitrogens with one attached hydrogen (secondary N) is 1. The van der Waals surface area contributed by atoms with E-state index in [-0.39, 0.29) is 0 Å². The molecular formula is C14H19N3O2. The average Bonchev–Trinajstić information content (AvgIpc) is 2.79. The molecule has 0 aliphatic heterocycles. The number of nitrogens with zero attached hydrogens (tertiary/aromatic N) is 1. The second-order valence-corrected chi connectivity index (χ2v) is 4.40. The van der Waals surface area contributed by atoms with E-state index in [1.165, 1.54) is 0 Å². The number of methoxy groups -OCH3 is 2. The highest BCUT2D eigenvalue weighted by atomic mass is 16.5. The van der Waals surface area contributed by atoms with Gasteiger partial charge in [0.2, 0.25) is 0 Å². The van der Waals surface area contributed by atoms with E-state index in [2.05, 4.69) is 10.2 Å². The lowest BCUT2D eigenvalue weighted by atomic mass is 10.0. The molecule has 0 saturated carbocycles. The van der Waals surface area contributed by atoms with Crippen molar-refractivity contribution in [2.75, 3.05) is 14.2 Å². The summed E-state index contributed by atoms with van der Waals surface area (Å²) < 4.78 is 10.8. The van der Waals surface area contributed by atoms with Crippen LogP contribution >= 0.6 is 0 Å². The fraction of sp³-hybridized carbons (Fsp3) is 0.357. The number of hydrogen-bond acceptors (Lipinski definition) is 4. The first-order valence-electron chi connectivity index (χ1n) is 6.09. The van der Waals surface area contributed by atoms with Gasteiger partial charge in [-0.2, -0.15) is 5.10 Å². The van der Waals surface area contributed by atoms with Crippen LogP contribution in [0.3, 0.4) is 0 Å². The van der Waals surface area contributed by atoms with Gasteiger partial charge in [0.1, 0.15) is 17.2 Å². The highest BCUT2D eigenvalue weighted by Crippen LogP contribution is 2.36. The van der Waals surface area contributed by atoms with Crippen LogP contribution in [-0.4, -0.2) is 24.4 Å². The SMILES string of the molecule is COc1cc(-c2n[nH]c(C)c2CN)c(OC)cc1C. The molecule has 19 heavy (non-hydrogen) atoms. The van der Waals surface area contributed by atoms with Crippen LogP contribution in [0, 0.1) is 13.8 Å². The summed E-state index contributed by atoms with van der Waals surface area (Å²) in [5, 5.41) is 7.29. The normalized spacial score (nSPS) is 10.6. The van der Waals surface area contributed by atoms with Crippen molar-refractivity contribution < 1.29 is 9.47 Å². The molecular weight excluding hydrogens is 242 g/mol. The number of benzene rings is 1. The van der Waals surface area contributed by atoms with Crippen LogP contribution < -0.4 is 15.2 Å². The first kappa shape index (κ1) is 13.4. The number of aromatic amines is 1. The van der Waals surface area contributed by atoms with Gasteiger partial charge in [0.15, 0.2) is 0 Å². The lowest BCUT2D eigenvalue weighted by Gasteiger charge is -2.12. The zero-order chi connectivity index (χ0) is 14.0. The third-order valence-corrected chi connectivity index (χ3v) is 3.25. The molecule has 0 bridgehead atoms. The second kappa shape index (κ2) is 5.32. The zero-order valence-electron chi connectivity index (χ0n) is 11.7. The zero-order valence-corrected chi connectivity index (χ0v) is 11.7. The quantitative estimate of drug-likeness (QED) is 0.884. The maximum Gasteiger partial charge on any atom is 0.128 e. The number of hydrogen-bond donors (Lipinski definition) is 2. The Hall–Kier alpha value is -2.01. The Morgan fingerprint density at radius 3 is 2.42 bits per heavy atom. The molecule has 1 aromatic carbocycles. The molecule has 0 spiro atoms. The minimum atomic E-state index is 0.428. The number of aromatic nitrogens is 2. The Kier molecular flexibility index (Phi) is 3.76. The minimum Gasteiger partial charge on any atom is -0.496 e. The maximum absolute atomic E-state index is 5.79. The van der Waals surface area contributed by atoms with E-state index >= 15 is 0 Å². The van der Waals surface area contributed by atoms with Crippen molar-refractivity contribution in [2.45, 2.75) is 20.4 Å². The second-order valence-electron chi connectivity index (χ2n) is 4.40. The molecule has 0 atom stereocenters. The Bertz CT molecular complexity index is 591. The van der Waals surface area contributed by atoms with Gasteiger partial charge < -0.3 is 15.2 Å². The third-order valence-electron chi connectivity index (χ3n) is 3.25. The van der Waals surface area contributed by atoms with Crippen molar-refractivity contribution in [1.29, 1.82) is 0 Å². The molecule has 2 rings (SSSR count). The fourth-order valence-corrected chi connectivity index (χ4v) is 2.16. The lowest BCUT2D eigenvalue weighted by molar-refractivity contribution is 0.401. The number of aryl methyl sites for hydroxylation is 2. The number of rotatable bonds is 4. The number of nitrogens with two attached hydrogens (primary N) is 1. The summed E-state index contributed by atoms with van der Waals surface area (Å²) in [7, 11) is 3.30. The molecule has 3 N–H and O–H groups in total. The van der Waals surface area contributed by atoms with Crippen molar-refractivity contribution in [3.05, 3.63) is 29.0 Å². The van der Waals surface area contributed by atoms with Crippen molar-refractivity contribution >= 4 is 0 Å². The van der Waals surface area contributed by atoms with E-state index in [1.807, 2.05) is 26.0 Å². The first-order chi connectivity index (χ1) is 9.12. The van der Waals surface area contributed by atoms with E-state index in [0.717, 1.165) is 39.6 Å². The molecule has 0 radical (unpaired) electrons. The molecule has 102 valence electrons. The van der Waals surface area contributed by atoms with Gasteiger partial charge >= 0.3 is 0 Å². The minimum absolute atomic E-state index is 0.428. The van der Waals surface area contributed by atoms with Crippen LogP contribution in [0.5, 0.6) is 11.5 Å². The molecule has 5 heteroatoms. The van der Waals surface area contributed by atoms with Crippen molar-refractivity contribution in [3.63, 3.8) is 0 Å². The molecule has 1 aromatic heterocycles. The monoisotopic (exact) mass is 261 g/mol. The molecule has 5 nitrogen and oxygen atoms in total. The first-order valence-corrected chi connectivity index (χ1v) is 6.09. The Morgan fingerprint density at radius 1 is 1.16 bits per heavy atom. The standard InChI is InChI=1S/C14H19N3O2/c1-8-5-13(19-4)10(6-12(8)18-3)14-11(7-15)9(2)16-17-14/h5-6H,7,15H2,1-4H3,(H,16,17). The lowest BCUT2D eigenvalue weighted by Crippen LogP contribution is -2.00. The predicted molar refractivity (Wildman–Crippen MR) is 74.5 cm³/mol. The molecule has 0 aliphatic rings. The molecule has 0 amide bonds. The summed E-state index contributed by atoms with van der Waals surface area (Å²) in [6, 6.07) is 3.88. The molecule has 1 heterocycles. The van der Waals surface area contributed by atoms with Crippen molar-refractivity contribution in [3.8, 4) is 22.8 Å². The molecule has 0 saturated heterocycles. The summed E-state index contributed by atoms with van der Waals surface area (Å²) >= 11 is 0. The predicted octanol–water partition coefficient (Wildman–Crippen LogP) is 2.17. The fourth-order valence-electron chi connectivity index (χ4n) is 2.16. The van der Waals surface area contributed by atoms with Crippen LogP contribution in [0.25, 0.3) is 11.3 Å². The van der Waals surface area contributed by atoms with Gasteiger partial charge in [-0.3, -0.25) is 5.10 Å². The van der Waals surface area contributed by atoms with Gasteiger partial charge in [-0.25, -0.2) is 0 Å². The van der Waals surface area contributed by atoms with E-state index < -0.39 is 0 Å². The van der Waals surface area contributed by atoms with Gasteiger partial charge in [-0.15, -0.1) is 0 Å². The summed E-state index contributed by atoms with van der Waals surface area (Å²) in [4.78, 5) is 0. The van der Waals surface area contributed by atoms with Crippen LogP contribution in [0.1, 0.15) is 16.8 Å². The Balaban J connectivity index is 2.66. The van der Waals surface area contributed by atoms with Crippen LogP contribution in [0.15, 0.2) is 12.1 Å². The van der Waals surface area contributed by atoms with Gasteiger partial charge in [0.05, 0.1) is 14.2 Å². The summed E-state index contributed by atoms with van der Waals surface area (Å²) in [6.45, 7) is 4.36. The van der Waals surface area contributed by atoms with Crippen LogP contribution in [0.2, 0.25) is 0 Å². The smallest absolute Gasteiger partial charge is 0.128 e. The Labute approximate surface area is 112 Å². The van der Waals surface area contributed by atoms with Gasteiger partial charge in [-0.1, -0.05) is 0 Å². The topological polar surface area (TPSA) is 73.2 Å². The summed E-state index contributed by atoms with van der Waals surface area (Å²) in [5.74, 6) is 1.57. The van der Waals surface area contributed by atoms with E-state index in [9.17, 15) is 0 Å². The van der Waals surface area contributed by atoms with Crippen molar-refractivity contribution in [1.82, 2.24) is 10.2 Å². The van der Waals surface area contributed by atoms with Gasteiger partial charge in [0.25, 0.3) is 0 Å². The van der Waals surface area contributed by atoms with Crippen LogP contribution in [0.4, 0.5) is 0 Å². The van der Waals surface area contributed by atoms with E-state index in [0.29, 0.717) is 6.54 Å². The van der Waals surface area contributed by atoms with Crippen LogP contribution in [-0.2, 0) is 6.54 Å². The van der Waals surface area contributed by atoms with Gasteiger partial charge in [-0.05, 0) is 31.5 Å². The maximum atomic E-state index is 5.79. The largest absolute Gasteiger partial charge is 0.496 e. The van der Waals surface area contributed by atoms with Crippen molar-refractivity contribution in [2.24, 2.45) is 5.73 Å². The molecule has 0 unspecified atom stereocenters. The highest BCUT2D eigenvalue weighted by molar-refractivity contribution is 5.73. The summed E-state index contributed by atoms with van der Waals surface area (Å²) in [5.41, 5.74) is 10.5. The van der Waals surface area contributed by atoms with E-state index in [4.69, 9.17) is 15.2 Å².